The number of benzene rings is 3. The molecule has 224 valence electrons. The largest absolute Gasteiger partial charge is 0.496 e. The first-order chi connectivity index (χ1) is 21.2. The Labute approximate surface area is 254 Å². The van der Waals surface area contributed by atoms with Gasteiger partial charge < -0.3 is 19.4 Å². The molecule has 0 aliphatic carbocycles. The molecule has 0 atom stereocenters. The van der Waals surface area contributed by atoms with Gasteiger partial charge in [0.25, 0.3) is 5.91 Å². The molecule has 0 spiro atoms. The SMILES string of the molecule is CNC(=O)c1c(-c2ccc(C)cc2)oc2ccc(-c3cc(C(=O)CC4(c5ncccn5)CN(C)C4)c(OC)cc3C)c(F)c12. The number of rotatable bonds is 8. The second-order valence-electron chi connectivity index (χ2n) is 11.5. The van der Waals surface area contributed by atoms with Gasteiger partial charge in [0.05, 0.1) is 29.0 Å². The van der Waals surface area contributed by atoms with Gasteiger partial charge in [-0.15, -0.1) is 0 Å². The molecule has 5 aromatic rings. The Morgan fingerprint density at radius 2 is 1.75 bits per heavy atom. The van der Waals surface area contributed by atoms with Crippen molar-refractivity contribution in [3.63, 3.8) is 0 Å². The monoisotopic (exact) mass is 592 g/mol. The number of ether oxygens (including phenoxy) is 1. The third-order valence-corrected chi connectivity index (χ3v) is 8.38. The molecule has 8 nitrogen and oxygen atoms in total. The van der Waals surface area contributed by atoms with Crippen molar-refractivity contribution in [3.8, 4) is 28.2 Å². The Balaban J connectivity index is 1.46. The van der Waals surface area contributed by atoms with Gasteiger partial charge >= 0.3 is 0 Å². The van der Waals surface area contributed by atoms with Crippen molar-refractivity contribution in [2.24, 2.45) is 0 Å². The van der Waals surface area contributed by atoms with Crippen molar-refractivity contribution in [2.75, 3.05) is 34.3 Å². The van der Waals surface area contributed by atoms with Gasteiger partial charge in [-0.1, -0.05) is 29.8 Å². The van der Waals surface area contributed by atoms with Gasteiger partial charge in [0.15, 0.2) is 5.78 Å². The van der Waals surface area contributed by atoms with E-state index in [9.17, 15) is 9.59 Å². The molecule has 3 heterocycles. The summed E-state index contributed by atoms with van der Waals surface area (Å²) in [6.07, 6.45) is 3.54. The van der Waals surface area contributed by atoms with Gasteiger partial charge in [0.2, 0.25) is 0 Å². The van der Waals surface area contributed by atoms with Gasteiger partial charge in [-0.25, -0.2) is 14.4 Å². The number of carbonyl (C=O) groups is 2. The molecule has 1 saturated heterocycles. The quantitative estimate of drug-likeness (QED) is 0.216. The highest BCUT2D eigenvalue weighted by atomic mass is 19.1. The second-order valence-corrected chi connectivity index (χ2v) is 11.5. The minimum atomic E-state index is -0.607. The zero-order valence-electron chi connectivity index (χ0n) is 25.3. The summed E-state index contributed by atoms with van der Waals surface area (Å²) in [5.74, 6) is 0.102. The van der Waals surface area contributed by atoms with Crippen LogP contribution in [0.15, 0.2) is 71.4 Å². The van der Waals surface area contributed by atoms with E-state index in [0.29, 0.717) is 46.9 Å². The molecule has 1 amide bonds. The number of hydrogen-bond donors (Lipinski definition) is 1. The highest BCUT2D eigenvalue weighted by Gasteiger charge is 2.47. The third-order valence-electron chi connectivity index (χ3n) is 8.38. The molecule has 1 aliphatic rings. The number of furan rings is 1. The second kappa shape index (κ2) is 11.3. The fourth-order valence-corrected chi connectivity index (χ4v) is 6.26. The number of ketones is 1. The van der Waals surface area contributed by atoms with E-state index >= 15 is 4.39 Å². The average molecular weight is 593 g/mol. The topological polar surface area (TPSA) is 97.6 Å². The summed E-state index contributed by atoms with van der Waals surface area (Å²) in [5.41, 5.74) is 3.38. The van der Waals surface area contributed by atoms with Crippen LogP contribution in [0.4, 0.5) is 4.39 Å². The molecule has 1 aliphatic heterocycles. The third kappa shape index (κ3) is 4.93. The summed E-state index contributed by atoms with van der Waals surface area (Å²) < 4.78 is 28.3. The van der Waals surface area contributed by atoms with E-state index in [4.69, 9.17) is 9.15 Å². The van der Waals surface area contributed by atoms with Crippen LogP contribution in [-0.4, -0.2) is 60.9 Å². The summed E-state index contributed by atoms with van der Waals surface area (Å²) in [5, 5.41) is 2.71. The highest BCUT2D eigenvalue weighted by Crippen LogP contribution is 2.42. The molecule has 44 heavy (non-hydrogen) atoms. The number of Topliss-reactive ketones (excluding diaryl/α,β-unsaturated/α-hetero) is 1. The number of amides is 1. The highest BCUT2D eigenvalue weighted by molar-refractivity contribution is 6.12. The number of carbonyl (C=O) groups excluding carboxylic acids is 2. The van der Waals surface area contributed by atoms with Crippen LogP contribution in [0.5, 0.6) is 5.75 Å². The van der Waals surface area contributed by atoms with Crippen molar-refractivity contribution < 1.29 is 23.1 Å². The Bertz CT molecular complexity index is 1890. The first-order valence-corrected chi connectivity index (χ1v) is 14.4. The Morgan fingerprint density at radius 3 is 2.39 bits per heavy atom. The lowest BCUT2D eigenvalue weighted by Gasteiger charge is -2.47. The van der Waals surface area contributed by atoms with E-state index in [1.54, 1.807) is 42.7 Å². The lowest BCUT2D eigenvalue weighted by Crippen LogP contribution is -2.59. The number of likely N-dealkylation sites (tertiary alicyclic amines) is 1. The summed E-state index contributed by atoms with van der Waals surface area (Å²) >= 11 is 0. The van der Waals surface area contributed by atoms with Crippen molar-refractivity contribution >= 4 is 22.7 Å². The number of methoxy groups -OCH3 is 1. The van der Waals surface area contributed by atoms with Crippen LogP contribution in [0.3, 0.4) is 0 Å². The van der Waals surface area contributed by atoms with Crippen LogP contribution < -0.4 is 10.1 Å². The summed E-state index contributed by atoms with van der Waals surface area (Å²) in [6, 6.07) is 16.0. The number of likely N-dealkylation sites (N-methyl/N-ethyl adjacent to an activating group) is 1. The van der Waals surface area contributed by atoms with Crippen LogP contribution in [0.1, 0.15) is 44.1 Å². The normalized spacial score (nSPS) is 14.3. The predicted molar refractivity (Wildman–Crippen MR) is 167 cm³/mol. The first-order valence-electron chi connectivity index (χ1n) is 14.4. The Hall–Kier alpha value is -4.89. The predicted octanol–water partition coefficient (Wildman–Crippen LogP) is 6.14. The standard InChI is InChI=1S/C35H33FN4O4/c1-20-7-9-22(10-8-20)32-30(33(42)37-3)29-27(44-32)12-11-23(31(29)36)24-16-25(28(43-5)15-21(24)2)26(41)17-35(18-40(4)19-35)34-38-13-6-14-39-34/h6-16H,17-19H2,1-5H3,(H,37,42). The molecule has 1 fully saturated rings. The van der Waals surface area contributed by atoms with Crippen LogP contribution in [0.2, 0.25) is 0 Å². The zero-order valence-corrected chi connectivity index (χ0v) is 25.3. The van der Waals surface area contributed by atoms with E-state index in [0.717, 1.165) is 5.56 Å². The molecule has 6 rings (SSSR count). The molecule has 1 N–H and O–H groups in total. The lowest BCUT2D eigenvalue weighted by molar-refractivity contribution is 0.0637. The minimum Gasteiger partial charge on any atom is -0.496 e. The number of hydrogen-bond acceptors (Lipinski definition) is 7. The molecule has 0 bridgehead atoms. The van der Waals surface area contributed by atoms with Crippen molar-refractivity contribution in [2.45, 2.75) is 25.7 Å². The van der Waals surface area contributed by atoms with Gasteiger partial charge in [0, 0.05) is 50.1 Å². The number of nitrogens with one attached hydrogen (secondary N) is 1. The van der Waals surface area contributed by atoms with Crippen molar-refractivity contribution in [1.29, 1.82) is 0 Å². The molecule has 9 heteroatoms. The van der Waals surface area contributed by atoms with Gasteiger partial charge in [-0.3, -0.25) is 9.59 Å². The lowest BCUT2D eigenvalue weighted by atomic mass is 9.74. The summed E-state index contributed by atoms with van der Waals surface area (Å²) in [4.78, 5) is 38.1. The maximum absolute atomic E-state index is 16.6. The van der Waals surface area contributed by atoms with Gasteiger partial charge in [0.1, 0.15) is 28.7 Å². The van der Waals surface area contributed by atoms with E-state index in [2.05, 4.69) is 20.2 Å². The van der Waals surface area contributed by atoms with Crippen LogP contribution in [-0.2, 0) is 5.41 Å². The fraction of sp³-hybridized carbons (Fsp3) is 0.257. The number of halogens is 1. The zero-order chi connectivity index (χ0) is 31.2. The molecule has 0 saturated carbocycles. The van der Waals surface area contributed by atoms with Crippen molar-refractivity contribution in [3.05, 3.63) is 101 Å². The first kappa shape index (κ1) is 29.2. The maximum Gasteiger partial charge on any atom is 0.255 e. The Morgan fingerprint density at radius 1 is 1.05 bits per heavy atom. The number of fused-ring (bicyclic) bond motifs is 1. The van der Waals surface area contributed by atoms with Crippen LogP contribution in [0.25, 0.3) is 33.4 Å². The Kier molecular flexibility index (Phi) is 7.51. The number of aryl methyl sites for hydroxylation is 2. The molecular weight excluding hydrogens is 559 g/mol. The van der Waals surface area contributed by atoms with Gasteiger partial charge in [-0.2, -0.15) is 0 Å². The molecular formula is C35H33FN4O4. The number of aromatic nitrogens is 2. The smallest absolute Gasteiger partial charge is 0.255 e. The molecule has 0 unspecified atom stereocenters. The fourth-order valence-electron chi connectivity index (χ4n) is 6.26. The minimum absolute atomic E-state index is 0.0817. The van der Waals surface area contributed by atoms with Gasteiger partial charge in [-0.05, 0) is 62.4 Å². The number of nitrogens with zero attached hydrogens (tertiary/aromatic N) is 3. The maximum atomic E-state index is 16.6. The van der Waals surface area contributed by atoms with E-state index in [1.807, 2.05) is 45.2 Å². The van der Waals surface area contributed by atoms with Crippen LogP contribution >= 0.6 is 0 Å². The van der Waals surface area contributed by atoms with E-state index in [-0.39, 0.29) is 40.1 Å². The van der Waals surface area contributed by atoms with E-state index in [1.165, 1.54) is 14.2 Å². The van der Waals surface area contributed by atoms with Crippen molar-refractivity contribution in [1.82, 2.24) is 20.2 Å². The average Bonchev–Trinajstić information content (AvgIpc) is 3.41. The molecule has 2 aromatic heterocycles. The van der Waals surface area contributed by atoms with Crippen LogP contribution in [0, 0.1) is 19.7 Å². The summed E-state index contributed by atoms with van der Waals surface area (Å²) in [6.45, 7) is 5.08. The van der Waals surface area contributed by atoms with E-state index < -0.39 is 17.1 Å². The molecule has 3 aromatic carbocycles. The summed E-state index contributed by atoms with van der Waals surface area (Å²) in [7, 11) is 5.00. The molecule has 0 radical (unpaired) electrons.